The summed E-state index contributed by atoms with van der Waals surface area (Å²) < 4.78 is 1.90. The minimum atomic E-state index is -1.06. The van der Waals surface area contributed by atoms with Gasteiger partial charge in [-0.3, -0.25) is 14.4 Å². The van der Waals surface area contributed by atoms with Gasteiger partial charge in [0.15, 0.2) is 0 Å². The predicted octanol–water partition coefficient (Wildman–Crippen LogP) is 4.13. The van der Waals surface area contributed by atoms with Gasteiger partial charge in [0.25, 0.3) is 5.91 Å². The molecule has 1 aliphatic carbocycles. The Balaban J connectivity index is 1.64. The van der Waals surface area contributed by atoms with Gasteiger partial charge in [-0.2, -0.15) is 0 Å². The number of nitrogens with zero attached hydrogens (tertiary/aromatic N) is 2. The highest BCUT2D eigenvalue weighted by Gasteiger charge is 2.49. The average molecular weight is 465 g/mol. The van der Waals surface area contributed by atoms with Crippen molar-refractivity contribution in [2.45, 2.75) is 64.2 Å². The Kier molecular flexibility index (Phi) is 5.48. The molecule has 3 heterocycles. The highest BCUT2D eigenvalue weighted by atomic mass is 32.1. The van der Waals surface area contributed by atoms with Crippen LogP contribution in [0.15, 0.2) is 41.8 Å². The molecule has 5 rings (SSSR count). The molecule has 0 unspecified atom stereocenters. The number of fused-ring (bicyclic) bond motifs is 3. The number of rotatable bonds is 5. The summed E-state index contributed by atoms with van der Waals surface area (Å²) >= 11 is 1.56. The van der Waals surface area contributed by atoms with Gasteiger partial charge < -0.3 is 20.1 Å². The van der Waals surface area contributed by atoms with E-state index in [0.717, 1.165) is 41.5 Å². The first kappa shape index (κ1) is 21.7. The van der Waals surface area contributed by atoms with Crippen molar-refractivity contribution < 1.29 is 14.4 Å². The summed E-state index contributed by atoms with van der Waals surface area (Å²) in [5.74, 6) is -0.610. The van der Waals surface area contributed by atoms with E-state index in [1.54, 1.807) is 16.2 Å². The van der Waals surface area contributed by atoms with Crippen molar-refractivity contribution in [2.75, 3.05) is 5.32 Å². The molecule has 1 aliphatic heterocycles. The number of anilines is 1. The Morgan fingerprint density at radius 1 is 1.15 bits per heavy atom. The second-order valence-corrected chi connectivity index (χ2v) is 10.2. The molecule has 7 nitrogen and oxygen atoms in total. The molecule has 2 N–H and O–H groups in total. The fourth-order valence-electron chi connectivity index (χ4n) is 5.15. The zero-order valence-electron chi connectivity index (χ0n) is 18.9. The van der Waals surface area contributed by atoms with Gasteiger partial charge in [-0.05, 0) is 37.3 Å². The maximum atomic E-state index is 14.1. The van der Waals surface area contributed by atoms with E-state index in [9.17, 15) is 14.4 Å². The van der Waals surface area contributed by atoms with Crippen LogP contribution in [-0.4, -0.2) is 38.8 Å². The molecule has 0 radical (unpaired) electrons. The van der Waals surface area contributed by atoms with Crippen LogP contribution in [0.4, 0.5) is 5.69 Å². The molecule has 8 heteroatoms. The fraction of sp³-hybridized carbons (Fsp3) is 0.400. The van der Waals surface area contributed by atoms with Crippen LogP contribution < -0.4 is 10.6 Å². The van der Waals surface area contributed by atoms with Crippen molar-refractivity contribution in [3.8, 4) is 0 Å². The van der Waals surface area contributed by atoms with Gasteiger partial charge in [-0.15, -0.1) is 11.3 Å². The average Bonchev–Trinajstić information content (AvgIpc) is 3.53. The van der Waals surface area contributed by atoms with E-state index in [1.165, 1.54) is 6.92 Å². The standard InChI is InChI=1S/C25H28N4O3S/c1-16(30)26-21-19-11-5-6-12-20(19)28-15-25(2,24(32)27-17-8-3-4-9-17)29(23(31)22(21)28)14-18-10-7-13-33-18/h5-7,10-13,17H,3-4,8-9,14-15H2,1-2H3,(H,26,30)(H,27,32)/t25-/m0/s1. The minimum absolute atomic E-state index is 0.121. The molecular weight excluding hydrogens is 436 g/mol. The summed E-state index contributed by atoms with van der Waals surface area (Å²) in [6.45, 7) is 3.96. The van der Waals surface area contributed by atoms with E-state index in [-0.39, 0.29) is 23.8 Å². The van der Waals surface area contributed by atoms with E-state index in [4.69, 9.17) is 0 Å². The van der Waals surface area contributed by atoms with Crippen molar-refractivity contribution >= 4 is 45.6 Å². The van der Waals surface area contributed by atoms with Crippen molar-refractivity contribution in [2.24, 2.45) is 0 Å². The van der Waals surface area contributed by atoms with E-state index >= 15 is 0 Å². The summed E-state index contributed by atoms with van der Waals surface area (Å²) in [7, 11) is 0. The van der Waals surface area contributed by atoms with Gasteiger partial charge in [0, 0.05) is 23.2 Å². The molecule has 1 fully saturated rings. The monoisotopic (exact) mass is 464 g/mol. The molecule has 2 aromatic heterocycles. The van der Waals surface area contributed by atoms with E-state index in [1.807, 2.05) is 53.3 Å². The van der Waals surface area contributed by atoms with Gasteiger partial charge in [0.2, 0.25) is 11.8 Å². The highest BCUT2D eigenvalue weighted by molar-refractivity contribution is 7.09. The molecule has 0 spiro atoms. The van der Waals surface area contributed by atoms with Crippen LogP contribution in [-0.2, 0) is 22.7 Å². The van der Waals surface area contributed by atoms with E-state index in [0.29, 0.717) is 24.5 Å². The number of benzene rings is 1. The van der Waals surface area contributed by atoms with E-state index < -0.39 is 5.54 Å². The Bertz CT molecular complexity index is 1230. The number of aromatic nitrogens is 1. The number of amides is 3. The van der Waals surface area contributed by atoms with Crippen LogP contribution in [0.2, 0.25) is 0 Å². The summed E-state index contributed by atoms with van der Waals surface area (Å²) in [6, 6.07) is 11.7. The molecule has 0 saturated heterocycles. The number of hydrogen-bond acceptors (Lipinski definition) is 4. The Morgan fingerprint density at radius 2 is 1.91 bits per heavy atom. The van der Waals surface area contributed by atoms with Crippen molar-refractivity contribution in [1.82, 2.24) is 14.8 Å². The van der Waals surface area contributed by atoms with Crippen LogP contribution in [0, 0.1) is 0 Å². The number of thiophene rings is 1. The third-order valence-corrected chi connectivity index (χ3v) is 7.72. The van der Waals surface area contributed by atoms with Crippen LogP contribution in [0.25, 0.3) is 10.9 Å². The third-order valence-electron chi connectivity index (χ3n) is 6.86. The lowest BCUT2D eigenvalue weighted by Gasteiger charge is -2.44. The number of hydrogen-bond donors (Lipinski definition) is 2. The van der Waals surface area contributed by atoms with Crippen LogP contribution in [0.1, 0.15) is 54.9 Å². The summed E-state index contributed by atoms with van der Waals surface area (Å²) in [6.07, 6.45) is 4.19. The normalized spacial score (nSPS) is 20.8. The molecule has 3 aromatic rings. The molecule has 172 valence electrons. The largest absolute Gasteiger partial charge is 0.351 e. The summed E-state index contributed by atoms with van der Waals surface area (Å²) in [4.78, 5) is 42.5. The third kappa shape index (κ3) is 3.72. The quantitative estimate of drug-likeness (QED) is 0.595. The number of nitrogens with one attached hydrogen (secondary N) is 2. The molecule has 0 bridgehead atoms. The molecular formula is C25H28N4O3S. The molecule has 1 aromatic carbocycles. The molecule has 1 saturated carbocycles. The van der Waals surface area contributed by atoms with Crippen LogP contribution in [0.5, 0.6) is 0 Å². The molecule has 3 amide bonds. The van der Waals surface area contributed by atoms with Crippen LogP contribution >= 0.6 is 11.3 Å². The lowest BCUT2D eigenvalue weighted by atomic mass is 9.93. The number of carbonyl (C=O) groups is 3. The van der Waals surface area contributed by atoms with Gasteiger partial charge in [0.05, 0.1) is 24.3 Å². The Hall–Kier alpha value is -3.13. The SMILES string of the molecule is CC(=O)Nc1c2n(c3ccccc13)C[C@@](C)(C(=O)NC1CCCC1)N(Cc1cccs1)C2=O. The summed E-state index contributed by atoms with van der Waals surface area (Å²) in [5, 5.41) is 8.87. The van der Waals surface area contributed by atoms with Crippen molar-refractivity contribution in [3.63, 3.8) is 0 Å². The Morgan fingerprint density at radius 3 is 2.61 bits per heavy atom. The zero-order chi connectivity index (χ0) is 23.2. The van der Waals surface area contributed by atoms with E-state index in [2.05, 4.69) is 10.6 Å². The molecule has 33 heavy (non-hydrogen) atoms. The first-order valence-electron chi connectivity index (χ1n) is 11.4. The molecule has 1 atom stereocenters. The van der Waals surface area contributed by atoms with Crippen molar-refractivity contribution in [1.29, 1.82) is 0 Å². The number of carbonyl (C=O) groups excluding carboxylic acids is 3. The molecule has 2 aliphatic rings. The number of para-hydroxylation sites is 1. The lowest BCUT2D eigenvalue weighted by Crippen LogP contribution is -2.64. The maximum Gasteiger partial charge on any atom is 0.273 e. The van der Waals surface area contributed by atoms with Gasteiger partial charge >= 0.3 is 0 Å². The van der Waals surface area contributed by atoms with Crippen LogP contribution in [0.3, 0.4) is 0 Å². The highest BCUT2D eigenvalue weighted by Crippen LogP contribution is 2.39. The second kappa shape index (κ2) is 8.33. The topological polar surface area (TPSA) is 83.4 Å². The maximum absolute atomic E-state index is 14.1. The van der Waals surface area contributed by atoms with Crippen molar-refractivity contribution in [3.05, 3.63) is 52.3 Å². The zero-order valence-corrected chi connectivity index (χ0v) is 19.7. The second-order valence-electron chi connectivity index (χ2n) is 9.21. The fourth-order valence-corrected chi connectivity index (χ4v) is 5.84. The van der Waals surface area contributed by atoms with Gasteiger partial charge in [-0.1, -0.05) is 37.1 Å². The predicted molar refractivity (Wildman–Crippen MR) is 129 cm³/mol. The lowest BCUT2D eigenvalue weighted by molar-refractivity contribution is -0.133. The summed E-state index contributed by atoms with van der Waals surface area (Å²) in [5.41, 5.74) is 0.707. The van der Waals surface area contributed by atoms with Gasteiger partial charge in [-0.25, -0.2) is 0 Å². The first-order chi connectivity index (χ1) is 15.9. The first-order valence-corrected chi connectivity index (χ1v) is 12.3. The minimum Gasteiger partial charge on any atom is -0.351 e. The van der Waals surface area contributed by atoms with Gasteiger partial charge in [0.1, 0.15) is 11.2 Å². The Labute approximate surface area is 196 Å². The smallest absolute Gasteiger partial charge is 0.273 e.